The molecule has 1 N–H and O–H groups in total. The summed E-state index contributed by atoms with van der Waals surface area (Å²) in [5.41, 5.74) is 0. The predicted molar refractivity (Wildman–Crippen MR) is 79.7 cm³/mol. The highest BCUT2D eigenvalue weighted by Crippen LogP contribution is 2.32. The maximum absolute atomic E-state index is 3.61. The van der Waals surface area contributed by atoms with Crippen molar-refractivity contribution in [2.45, 2.75) is 51.3 Å². The van der Waals surface area contributed by atoms with E-state index >= 15 is 0 Å². The lowest BCUT2D eigenvalue weighted by Gasteiger charge is -2.21. The lowest BCUT2D eigenvalue weighted by atomic mass is 10.3. The minimum absolute atomic E-state index is 0.399. The third-order valence-electron chi connectivity index (χ3n) is 2.56. The molecular weight excluding hydrogens is 234 g/mol. The molecule has 0 aromatic carbocycles. The van der Waals surface area contributed by atoms with Crippen LogP contribution >= 0.6 is 23.5 Å². The molecule has 0 radical (unpaired) electrons. The molecule has 0 amide bonds. The number of nitrogens with one attached hydrogen (secondary N) is 1. The molecule has 1 rings (SSSR count). The van der Waals surface area contributed by atoms with Gasteiger partial charge in [0.2, 0.25) is 0 Å². The standard InChI is InChI=1S/C13H27NS2/c1-11(9-16-13(2,3)4)14-7-8-15-10-12-5-6-12/h11-12,14H,5-10H2,1-4H3. The number of hydrogen-bond donors (Lipinski definition) is 1. The van der Waals surface area contributed by atoms with Gasteiger partial charge in [-0.1, -0.05) is 20.8 Å². The highest BCUT2D eigenvalue weighted by atomic mass is 32.2. The van der Waals surface area contributed by atoms with E-state index in [0.717, 1.165) is 5.92 Å². The van der Waals surface area contributed by atoms with Crippen molar-refractivity contribution in [1.82, 2.24) is 5.32 Å². The fourth-order valence-electron chi connectivity index (χ4n) is 1.35. The zero-order valence-corrected chi connectivity index (χ0v) is 12.8. The van der Waals surface area contributed by atoms with E-state index in [2.05, 4.69) is 56.5 Å². The molecule has 1 aliphatic carbocycles. The van der Waals surface area contributed by atoms with Crippen molar-refractivity contribution in [2.24, 2.45) is 5.92 Å². The molecule has 0 aromatic heterocycles. The van der Waals surface area contributed by atoms with E-state index in [-0.39, 0.29) is 0 Å². The maximum Gasteiger partial charge on any atom is 0.0130 e. The molecule has 0 saturated heterocycles. The first kappa shape index (κ1) is 14.7. The average Bonchev–Trinajstić information content (AvgIpc) is 2.97. The smallest absolute Gasteiger partial charge is 0.0130 e. The van der Waals surface area contributed by atoms with Crippen molar-refractivity contribution < 1.29 is 0 Å². The van der Waals surface area contributed by atoms with Crippen LogP contribution in [0.4, 0.5) is 0 Å². The van der Waals surface area contributed by atoms with Crippen LogP contribution in [0, 0.1) is 5.92 Å². The number of thioether (sulfide) groups is 2. The minimum atomic E-state index is 0.399. The molecule has 0 spiro atoms. The molecule has 1 fully saturated rings. The Hall–Kier alpha value is 0.660. The van der Waals surface area contributed by atoms with Gasteiger partial charge >= 0.3 is 0 Å². The van der Waals surface area contributed by atoms with Crippen LogP contribution in [0.1, 0.15) is 40.5 Å². The van der Waals surface area contributed by atoms with Crippen molar-refractivity contribution in [3.05, 3.63) is 0 Å². The van der Waals surface area contributed by atoms with Crippen LogP contribution < -0.4 is 5.32 Å². The predicted octanol–water partition coefficient (Wildman–Crippen LogP) is 3.64. The molecule has 1 saturated carbocycles. The monoisotopic (exact) mass is 261 g/mol. The molecule has 3 heteroatoms. The second-order valence-corrected chi connectivity index (χ2v) is 8.79. The molecule has 1 unspecified atom stereocenters. The first-order valence-corrected chi connectivity index (χ1v) is 8.56. The fourth-order valence-corrected chi connectivity index (χ4v) is 3.31. The van der Waals surface area contributed by atoms with Crippen molar-refractivity contribution in [2.75, 3.05) is 23.8 Å². The Balaban J connectivity index is 1.86. The van der Waals surface area contributed by atoms with E-state index in [9.17, 15) is 0 Å². The van der Waals surface area contributed by atoms with E-state index in [4.69, 9.17) is 0 Å². The van der Waals surface area contributed by atoms with E-state index < -0.39 is 0 Å². The summed E-state index contributed by atoms with van der Waals surface area (Å²) in [6.07, 6.45) is 2.97. The molecule has 0 aromatic rings. The van der Waals surface area contributed by atoms with Gasteiger partial charge in [0, 0.05) is 28.8 Å². The van der Waals surface area contributed by atoms with E-state index in [0.29, 0.717) is 10.8 Å². The Morgan fingerprint density at radius 3 is 2.56 bits per heavy atom. The molecule has 16 heavy (non-hydrogen) atoms. The Morgan fingerprint density at radius 1 is 1.31 bits per heavy atom. The summed E-state index contributed by atoms with van der Waals surface area (Å²) in [7, 11) is 0. The first-order valence-electron chi connectivity index (χ1n) is 6.42. The second kappa shape index (κ2) is 7.17. The van der Waals surface area contributed by atoms with E-state index in [1.54, 1.807) is 0 Å². The molecule has 1 atom stereocenters. The lowest BCUT2D eigenvalue weighted by molar-refractivity contribution is 0.620. The Morgan fingerprint density at radius 2 is 2.00 bits per heavy atom. The summed E-state index contributed by atoms with van der Waals surface area (Å²) >= 11 is 4.17. The molecule has 0 bridgehead atoms. The molecule has 0 heterocycles. The second-order valence-electron chi connectivity index (χ2n) is 5.80. The highest BCUT2D eigenvalue weighted by molar-refractivity contribution is 8.00. The van der Waals surface area contributed by atoms with Gasteiger partial charge in [0.25, 0.3) is 0 Å². The first-order chi connectivity index (χ1) is 7.47. The maximum atomic E-state index is 3.61. The molecular formula is C13H27NS2. The van der Waals surface area contributed by atoms with Crippen LogP contribution in [-0.4, -0.2) is 34.6 Å². The zero-order valence-electron chi connectivity index (χ0n) is 11.2. The summed E-state index contributed by atoms with van der Waals surface area (Å²) in [5.74, 6) is 4.96. The number of rotatable bonds is 8. The zero-order chi connectivity index (χ0) is 12.0. The summed E-state index contributed by atoms with van der Waals surface area (Å²) in [5, 5.41) is 3.61. The van der Waals surface area contributed by atoms with Gasteiger partial charge in [0.05, 0.1) is 0 Å². The van der Waals surface area contributed by atoms with Gasteiger partial charge in [0.15, 0.2) is 0 Å². The summed E-state index contributed by atoms with van der Waals surface area (Å²) in [4.78, 5) is 0. The summed E-state index contributed by atoms with van der Waals surface area (Å²) in [6.45, 7) is 10.3. The van der Waals surface area contributed by atoms with Gasteiger partial charge in [-0.25, -0.2) is 0 Å². The molecule has 1 nitrogen and oxygen atoms in total. The quantitative estimate of drug-likeness (QED) is 0.670. The van der Waals surface area contributed by atoms with Gasteiger partial charge < -0.3 is 5.32 Å². The number of hydrogen-bond acceptors (Lipinski definition) is 3. The van der Waals surface area contributed by atoms with Crippen LogP contribution in [0.25, 0.3) is 0 Å². The topological polar surface area (TPSA) is 12.0 Å². The van der Waals surface area contributed by atoms with E-state index in [1.807, 2.05) is 0 Å². The molecule has 0 aliphatic heterocycles. The van der Waals surface area contributed by atoms with Crippen LogP contribution in [0.2, 0.25) is 0 Å². The SMILES string of the molecule is CC(CSC(C)(C)C)NCCSCC1CC1. The van der Waals surface area contributed by atoms with E-state index in [1.165, 1.54) is 36.6 Å². The Bertz CT molecular complexity index is 185. The van der Waals surface area contributed by atoms with Crippen molar-refractivity contribution >= 4 is 23.5 Å². The van der Waals surface area contributed by atoms with Gasteiger partial charge in [0.1, 0.15) is 0 Å². The van der Waals surface area contributed by atoms with Crippen LogP contribution in [0.5, 0.6) is 0 Å². The minimum Gasteiger partial charge on any atom is -0.313 e. The highest BCUT2D eigenvalue weighted by Gasteiger charge is 2.20. The van der Waals surface area contributed by atoms with Crippen LogP contribution in [0.3, 0.4) is 0 Å². The third kappa shape index (κ3) is 8.77. The molecule has 1 aliphatic rings. The third-order valence-corrected chi connectivity index (χ3v) is 5.29. The van der Waals surface area contributed by atoms with Crippen LogP contribution in [0.15, 0.2) is 0 Å². The van der Waals surface area contributed by atoms with Gasteiger partial charge in [-0.3, -0.25) is 0 Å². The average molecular weight is 262 g/mol. The normalized spacial score (nSPS) is 18.8. The van der Waals surface area contributed by atoms with Crippen molar-refractivity contribution in [1.29, 1.82) is 0 Å². The Kier molecular flexibility index (Phi) is 6.60. The van der Waals surface area contributed by atoms with Gasteiger partial charge in [-0.15, -0.1) is 0 Å². The fraction of sp³-hybridized carbons (Fsp3) is 1.00. The summed E-state index contributed by atoms with van der Waals surface area (Å²) < 4.78 is 0.399. The Labute approximate surface area is 110 Å². The molecule has 96 valence electrons. The van der Waals surface area contributed by atoms with Gasteiger partial charge in [-0.2, -0.15) is 23.5 Å². The van der Waals surface area contributed by atoms with Crippen molar-refractivity contribution in [3.8, 4) is 0 Å². The lowest BCUT2D eigenvalue weighted by Crippen LogP contribution is -2.31. The van der Waals surface area contributed by atoms with Crippen molar-refractivity contribution in [3.63, 3.8) is 0 Å². The van der Waals surface area contributed by atoms with Crippen LogP contribution in [-0.2, 0) is 0 Å². The van der Waals surface area contributed by atoms with Gasteiger partial charge in [-0.05, 0) is 31.4 Å². The summed E-state index contributed by atoms with van der Waals surface area (Å²) in [6, 6.07) is 0.644. The largest absolute Gasteiger partial charge is 0.313 e.